The predicted molar refractivity (Wildman–Crippen MR) is 85.4 cm³/mol. The zero-order chi connectivity index (χ0) is 13.2. The van der Waals surface area contributed by atoms with Crippen LogP contribution in [0.4, 0.5) is 5.69 Å². The summed E-state index contributed by atoms with van der Waals surface area (Å²) in [6, 6.07) is 17.3. The summed E-state index contributed by atoms with van der Waals surface area (Å²) in [6.07, 6.45) is 0. The number of ether oxygens (including phenoxy) is 1. The van der Waals surface area contributed by atoms with Gasteiger partial charge in [-0.2, -0.15) is 0 Å². The summed E-state index contributed by atoms with van der Waals surface area (Å²) in [6.45, 7) is 0. The zero-order valence-electron chi connectivity index (χ0n) is 10.0. The van der Waals surface area contributed by atoms with Gasteiger partial charge in [-0.05, 0) is 59.0 Å². The average Bonchev–Trinajstić information content (AvgIpc) is 2.41. The number of hydrogen-bond acceptors (Lipinski definition) is 3. The molecule has 94 valence electrons. The van der Waals surface area contributed by atoms with Crippen LogP contribution in [-0.2, 0) is 0 Å². The van der Waals surface area contributed by atoms with E-state index in [0.29, 0.717) is 5.88 Å². The molecule has 0 amide bonds. The van der Waals surface area contributed by atoms with Crippen molar-refractivity contribution in [3.8, 4) is 11.6 Å². The zero-order valence-corrected chi connectivity index (χ0v) is 12.2. The van der Waals surface area contributed by atoms with Gasteiger partial charge in [0.15, 0.2) is 0 Å². The Labute approximate surface area is 124 Å². The molecule has 0 bridgehead atoms. The van der Waals surface area contributed by atoms with Gasteiger partial charge in [-0.3, -0.25) is 0 Å². The number of rotatable bonds is 2. The lowest BCUT2D eigenvalue weighted by Crippen LogP contribution is -1.91. The molecule has 4 heteroatoms. The van der Waals surface area contributed by atoms with Crippen molar-refractivity contribution in [3.63, 3.8) is 0 Å². The molecule has 0 saturated heterocycles. The summed E-state index contributed by atoms with van der Waals surface area (Å²) < 4.78 is 6.85. The Kier molecular flexibility index (Phi) is 3.25. The molecule has 0 spiro atoms. The average molecular weight is 362 g/mol. The highest BCUT2D eigenvalue weighted by molar-refractivity contribution is 14.1. The second kappa shape index (κ2) is 5.05. The normalized spacial score (nSPS) is 10.6. The summed E-state index contributed by atoms with van der Waals surface area (Å²) in [5.74, 6) is 1.40. The first kappa shape index (κ1) is 12.2. The molecular formula is C15H11IN2O. The van der Waals surface area contributed by atoms with Crippen LogP contribution in [0.15, 0.2) is 54.6 Å². The fraction of sp³-hybridized carbons (Fsp3) is 0. The van der Waals surface area contributed by atoms with Crippen LogP contribution in [0.5, 0.6) is 11.6 Å². The molecule has 0 unspecified atom stereocenters. The Morgan fingerprint density at radius 2 is 1.84 bits per heavy atom. The lowest BCUT2D eigenvalue weighted by Gasteiger charge is -2.07. The van der Waals surface area contributed by atoms with Crippen molar-refractivity contribution < 1.29 is 4.74 Å². The molecule has 3 nitrogen and oxygen atoms in total. The lowest BCUT2D eigenvalue weighted by molar-refractivity contribution is 0.462. The molecule has 19 heavy (non-hydrogen) atoms. The van der Waals surface area contributed by atoms with Crippen LogP contribution < -0.4 is 10.5 Å². The van der Waals surface area contributed by atoms with Crippen molar-refractivity contribution in [2.75, 3.05) is 5.73 Å². The van der Waals surface area contributed by atoms with Gasteiger partial charge >= 0.3 is 0 Å². The second-order valence-electron chi connectivity index (χ2n) is 4.13. The Bertz CT molecular complexity index is 743. The van der Waals surface area contributed by atoms with E-state index in [9.17, 15) is 0 Å². The van der Waals surface area contributed by atoms with E-state index in [-0.39, 0.29) is 0 Å². The molecule has 0 fully saturated rings. The van der Waals surface area contributed by atoms with Crippen LogP contribution in [0, 0.1) is 3.57 Å². The maximum atomic E-state index is 5.80. The Morgan fingerprint density at radius 1 is 1.00 bits per heavy atom. The van der Waals surface area contributed by atoms with E-state index in [1.807, 2.05) is 54.6 Å². The number of hydrogen-bond donors (Lipinski definition) is 1. The first-order valence-electron chi connectivity index (χ1n) is 5.81. The fourth-order valence-corrected chi connectivity index (χ4v) is 2.32. The summed E-state index contributed by atoms with van der Waals surface area (Å²) >= 11 is 2.24. The number of nitrogens with zero attached hydrogens (tertiary/aromatic N) is 1. The molecule has 2 N–H and O–H groups in total. The second-order valence-corrected chi connectivity index (χ2v) is 5.30. The maximum absolute atomic E-state index is 5.80. The predicted octanol–water partition coefficient (Wildman–Crippen LogP) is 4.21. The summed E-state index contributed by atoms with van der Waals surface area (Å²) in [5.41, 5.74) is 7.35. The van der Waals surface area contributed by atoms with Gasteiger partial charge in [-0.25, -0.2) is 4.98 Å². The molecule has 2 aromatic carbocycles. The Balaban J connectivity index is 1.98. The number of nitrogen functional groups attached to an aromatic ring is 1. The van der Waals surface area contributed by atoms with E-state index in [0.717, 1.165) is 25.9 Å². The number of aromatic nitrogens is 1. The van der Waals surface area contributed by atoms with Crippen LogP contribution in [0.1, 0.15) is 0 Å². The molecule has 0 aliphatic heterocycles. The molecule has 0 aliphatic carbocycles. The van der Waals surface area contributed by atoms with Crippen molar-refractivity contribution >= 4 is 39.2 Å². The number of pyridine rings is 1. The monoisotopic (exact) mass is 362 g/mol. The summed E-state index contributed by atoms with van der Waals surface area (Å²) in [4.78, 5) is 4.47. The van der Waals surface area contributed by atoms with E-state index in [1.54, 1.807) is 0 Å². The van der Waals surface area contributed by atoms with Crippen LogP contribution in [0.3, 0.4) is 0 Å². The number of anilines is 1. The van der Waals surface area contributed by atoms with Gasteiger partial charge in [0.1, 0.15) is 5.75 Å². The highest BCUT2D eigenvalue weighted by Gasteiger charge is 2.04. The SMILES string of the molecule is Nc1ccc2nc(Oc3ccccc3I)ccc2c1. The van der Waals surface area contributed by atoms with Crippen molar-refractivity contribution in [2.24, 2.45) is 0 Å². The summed E-state index contributed by atoms with van der Waals surface area (Å²) in [7, 11) is 0. The van der Waals surface area contributed by atoms with Gasteiger partial charge in [0.25, 0.3) is 0 Å². The van der Waals surface area contributed by atoms with Crippen LogP contribution >= 0.6 is 22.6 Å². The largest absolute Gasteiger partial charge is 0.438 e. The van der Waals surface area contributed by atoms with Crippen molar-refractivity contribution in [1.29, 1.82) is 0 Å². The lowest BCUT2D eigenvalue weighted by atomic mass is 10.2. The van der Waals surface area contributed by atoms with Gasteiger partial charge in [0.2, 0.25) is 5.88 Å². The molecule has 3 aromatic rings. The minimum absolute atomic E-state index is 0.585. The topological polar surface area (TPSA) is 48.1 Å². The van der Waals surface area contributed by atoms with E-state index >= 15 is 0 Å². The van der Waals surface area contributed by atoms with Gasteiger partial charge in [0.05, 0.1) is 9.09 Å². The van der Waals surface area contributed by atoms with Crippen LogP contribution in [-0.4, -0.2) is 4.98 Å². The number of fused-ring (bicyclic) bond motifs is 1. The quantitative estimate of drug-likeness (QED) is 0.549. The van der Waals surface area contributed by atoms with Crippen LogP contribution in [0.25, 0.3) is 10.9 Å². The van der Waals surface area contributed by atoms with E-state index in [2.05, 4.69) is 27.6 Å². The molecule has 3 rings (SSSR count). The van der Waals surface area contributed by atoms with Crippen LogP contribution in [0.2, 0.25) is 0 Å². The van der Waals surface area contributed by atoms with E-state index in [4.69, 9.17) is 10.5 Å². The first-order valence-corrected chi connectivity index (χ1v) is 6.89. The van der Waals surface area contributed by atoms with Gasteiger partial charge in [-0.15, -0.1) is 0 Å². The maximum Gasteiger partial charge on any atom is 0.219 e. The summed E-state index contributed by atoms with van der Waals surface area (Å²) in [5, 5.41) is 1.01. The first-order chi connectivity index (χ1) is 9.22. The molecule has 0 saturated carbocycles. The third-order valence-corrected chi connectivity index (χ3v) is 3.63. The Morgan fingerprint density at radius 3 is 2.68 bits per heavy atom. The van der Waals surface area contributed by atoms with Gasteiger partial charge in [0, 0.05) is 17.1 Å². The van der Waals surface area contributed by atoms with E-state index in [1.165, 1.54) is 0 Å². The highest BCUT2D eigenvalue weighted by atomic mass is 127. The molecular weight excluding hydrogens is 351 g/mol. The molecule has 1 aromatic heterocycles. The smallest absolute Gasteiger partial charge is 0.219 e. The van der Waals surface area contributed by atoms with E-state index < -0.39 is 0 Å². The van der Waals surface area contributed by atoms with Crippen molar-refractivity contribution in [2.45, 2.75) is 0 Å². The van der Waals surface area contributed by atoms with Gasteiger partial charge < -0.3 is 10.5 Å². The third kappa shape index (κ3) is 2.63. The van der Waals surface area contributed by atoms with Gasteiger partial charge in [-0.1, -0.05) is 12.1 Å². The number of nitrogens with two attached hydrogens (primary N) is 1. The number of para-hydroxylation sites is 1. The molecule has 0 atom stereocenters. The third-order valence-electron chi connectivity index (χ3n) is 2.74. The minimum atomic E-state index is 0.585. The van der Waals surface area contributed by atoms with Crippen molar-refractivity contribution in [3.05, 3.63) is 58.2 Å². The highest BCUT2D eigenvalue weighted by Crippen LogP contribution is 2.26. The minimum Gasteiger partial charge on any atom is -0.438 e. The molecule has 1 heterocycles. The fourth-order valence-electron chi connectivity index (χ4n) is 1.82. The molecule has 0 radical (unpaired) electrons. The number of halogens is 1. The van der Waals surface area contributed by atoms with Crippen molar-refractivity contribution in [1.82, 2.24) is 4.98 Å². The molecule has 0 aliphatic rings. The standard InChI is InChI=1S/C15H11IN2O/c16-12-3-1-2-4-14(12)19-15-8-5-10-9-11(17)6-7-13(10)18-15/h1-9H,17H2. The Hall–Kier alpha value is -1.82. The number of benzene rings is 2.